The number of urea groups is 1. The number of anilines is 2. The fourth-order valence-corrected chi connectivity index (χ4v) is 5.71. The van der Waals surface area contributed by atoms with Gasteiger partial charge in [-0.05, 0) is 103 Å². The van der Waals surface area contributed by atoms with Crippen LogP contribution < -0.4 is 15.4 Å². The molecule has 3 aromatic rings. The van der Waals surface area contributed by atoms with Crippen molar-refractivity contribution in [3.05, 3.63) is 77.0 Å². The normalized spacial score (nSPS) is 17.1. The molecule has 42 heavy (non-hydrogen) atoms. The number of fused-ring (bicyclic) bond motifs is 1. The van der Waals surface area contributed by atoms with Gasteiger partial charge in [-0.15, -0.1) is 0 Å². The minimum absolute atomic E-state index is 0.0137. The number of hydrogen-bond acceptors (Lipinski definition) is 5. The first kappa shape index (κ1) is 28.2. The van der Waals surface area contributed by atoms with Crippen LogP contribution in [0.1, 0.15) is 68.7 Å². The number of likely N-dealkylation sites (tertiary alicyclic amines) is 1. The zero-order valence-electron chi connectivity index (χ0n) is 24.9. The molecule has 8 nitrogen and oxygen atoms in total. The van der Waals surface area contributed by atoms with E-state index in [4.69, 9.17) is 4.74 Å². The fraction of sp³-hybridized carbons (Fsp3) is 0.441. The Balaban J connectivity index is 1.13. The Hall–Kier alpha value is -3.91. The molecule has 1 saturated carbocycles. The van der Waals surface area contributed by atoms with Crippen LogP contribution in [0.25, 0.3) is 0 Å². The highest BCUT2D eigenvalue weighted by Crippen LogP contribution is 2.32. The standard InChI is InChI=1S/C34H41N5O3/c1-34(2,3)27-16-23(21-38-13-4-5-14-38)17-28(19-27)36-33(41)39-15-11-24-8-9-29(18-26(24)22-39)42-30-10-12-35-31(20-30)37-32(40)25-6-7-25/h8-10,12,16-20,25H,4-7,11,13-15,21-22H2,1-3H3,(H,36,41)(H,35,37,40). The van der Waals surface area contributed by atoms with Crippen molar-refractivity contribution >= 4 is 23.4 Å². The number of carbonyl (C=O) groups excluding carboxylic acids is 2. The second-order valence-corrected chi connectivity index (χ2v) is 12.9. The molecule has 1 aromatic heterocycles. The number of rotatable bonds is 7. The highest BCUT2D eigenvalue weighted by molar-refractivity contribution is 5.93. The molecule has 3 aliphatic rings. The Kier molecular flexibility index (Phi) is 7.90. The Bertz CT molecular complexity index is 1470. The lowest BCUT2D eigenvalue weighted by Gasteiger charge is -2.30. The molecular weight excluding hydrogens is 526 g/mol. The maximum atomic E-state index is 13.5. The van der Waals surface area contributed by atoms with Crippen LogP contribution in [0, 0.1) is 5.92 Å². The third kappa shape index (κ3) is 6.93. The molecule has 1 saturated heterocycles. The molecule has 220 valence electrons. The summed E-state index contributed by atoms with van der Waals surface area (Å²) >= 11 is 0. The van der Waals surface area contributed by atoms with E-state index in [9.17, 15) is 9.59 Å². The van der Waals surface area contributed by atoms with E-state index >= 15 is 0 Å². The number of amides is 3. The minimum Gasteiger partial charge on any atom is -0.457 e. The lowest BCUT2D eigenvalue weighted by molar-refractivity contribution is -0.117. The van der Waals surface area contributed by atoms with Crippen molar-refractivity contribution in [3.8, 4) is 11.5 Å². The van der Waals surface area contributed by atoms with Gasteiger partial charge in [-0.3, -0.25) is 9.69 Å². The molecule has 3 amide bonds. The summed E-state index contributed by atoms with van der Waals surface area (Å²) in [6, 6.07) is 16.0. The molecule has 0 radical (unpaired) electrons. The SMILES string of the molecule is CC(C)(C)c1cc(CN2CCCC2)cc(NC(=O)N2CCc3ccc(Oc4ccnc(NC(=O)C5CC5)c4)cc3C2)c1. The van der Waals surface area contributed by atoms with Gasteiger partial charge >= 0.3 is 6.03 Å². The molecule has 1 aliphatic carbocycles. The van der Waals surface area contributed by atoms with E-state index in [1.807, 2.05) is 17.0 Å². The van der Waals surface area contributed by atoms with E-state index in [1.54, 1.807) is 18.3 Å². The molecule has 2 aliphatic heterocycles. The number of hydrogen-bond donors (Lipinski definition) is 2. The molecule has 0 spiro atoms. The first-order chi connectivity index (χ1) is 20.2. The van der Waals surface area contributed by atoms with Crippen molar-refractivity contribution in [2.24, 2.45) is 5.92 Å². The van der Waals surface area contributed by atoms with Crippen molar-refractivity contribution in [2.75, 3.05) is 30.3 Å². The summed E-state index contributed by atoms with van der Waals surface area (Å²) in [5, 5.41) is 6.07. The van der Waals surface area contributed by atoms with Crippen LogP contribution in [0.4, 0.5) is 16.3 Å². The van der Waals surface area contributed by atoms with Crippen LogP contribution in [-0.2, 0) is 29.7 Å². The maximum Gasteiger partial charge on any atom is 0.322 e. The molecular formula is C34H41N5O3. The minimum atomic E-state index is -0.0877. The summed E-state index contributed by atoms with van der Waals surface area (Å²) < 4.78 is 6.13. The molecule has 3 heterocycles. The number of carbonyl (C=O) groups is 2. The molecule has 0 bridgehead atoms. The predicted molar refractivity (Wildman–Crippen MR) is 165 cm³/mol. The van der Waals surface area contributed by atoms with E-state index < -0.39 is 0 Å². The fourth-order valence-electron chi connectivity index (χ4n) is 5.71. The zero-order chi connectivity index (χ0) is 29.3. The highest BCUT2D eigenvalue weighted by atomic mass is 16.5. The average Bonchev–Trinajstić information content (AvgIpc) is 3.69. The Morgan fingerprint density at radius 2 is 1.71 bits per heavy atom. The van der Waals surface area contributed by atoms with Crippen LogP contribution >= 0.6 is 0 Å². The summed E-state index contributed by atoms with van der Waals surface area (Å²) in [7, 11) is 0. The van der Waals surface area contributed by atoms with Crippen molar-refractivity contribution in [1.82, 2.24) is 14.8 Å². The summed E-state index contributed by atoms with van der Waals surface area (Å²) in [5.41, 5.74) is 5.61. The lowest BCUT2D eigenvalue weighted by atomic mass is 9.85. The number of nitrogens with zero attached hydrogens (tertiary/aromatic N) is 3. The summed E-state index contributed by atoms with van der Waals surface area (Å²) in [6.07, 6.45) is 6.82. The smallest absolute Gasteiger partial charge is 0.322 e. The largest absolute Gasteiger partial charge is 0.457 e. The van der Waals surface area contributed by atoms with Gasteiger partial charge in [-0.2, -0.15) is 0 Å². The number of benzene rings is 2. The number of pyridine rings is 1. The van der Waals surface area contributed by atoms with Crippen LogP contribution in [-0.4, -0.2) is 46.4 Å². The first-order valence-electron chi connectivity index (χ1n) is 15.2. The first-order valence-corrected chi connectivity index (χ1v) is 15.2. The zero-order valence-corrected chi connectivity index (χ0v) is 24.9. The molecule has 2 N–H and O–H groups in total. The van der Waals surface area contributed by atoms with Crippen molar-refractivity contribution < 1.29 is 14.3 Å². The summed E-state index contributed by atoms with van der Waals surface area (Å²) in [4.78, 5) is 34.2. The molecule has 0 atom stereocenters. The van der Waals surface area contributed by atoms with Crippen LogP contribution in [0.5, 0.6) is 11.5 Å². The second-order valence-electron chi connectivity index (χ2n) is 12.9. The van der Waals surface area contributed by atoms with Crippen molar-refractivity contribution in [3.63, 3.8) is 0 Å². The second kappa shape index (κ2) is 11.8. The van der Waals surface area contributed by atoms with Gasteiger partial charge in [0.2, 0.25) is 5.91 Å². The van der Waals surface area contributed by atoms with Gasteiger partial charge in [-0.1, -0.05) is 32.9 Å². The maximum absolute atomic E-state index is 13.5. The van der Waals surface area contributed by atoms with Gasteiger partial charge in [0.25, 0.3) is 0 Å². The molecule has 0 unspecified atom stereocenters. The highest BCUT2D eigenvalue weighted by Gasteiger charge is 2.30. The van der Waals surface area contributed by atoms with Gasteiger partial charge in [-0.25, -0.2) is 9.78 Å². The van der Waals surface area contributed by atoms with Gasteiger partial charge in [0.15, 0.2) is 0 Å². The Morgan fingerprint density at radius 1 is 0.929 bits per heavy atom. The average molecular weight is 568 g/mol. The van der Waals surface area contributed by atoms with Gasteiger partial charge in [0.1, 0.15) is 17.3 Å². The van der Waals surface area contributed by atoms with Crippen molar-refractivity contribution in [1.29, 1.82) is 0 Å². The topological polar surface area (TPSA) is 86.8 Å². The Labute approximate surface area is 248 Å². The van der Waals surface area contributed by atoms with E-state index in [-0.39, 0.29) is 23.3 Å². The monoisotopic (exact) mass is 567 g/mol. The van der Waals surface area contributed by atoms with E-state index in [0.717, 1.165) is 50.1 Å². The van der Waals surface area contributed by atoms with Gasteiger partial charge in [0, 0.05) is 43.5 Å². The van der Waals surface area contributed by atoms with E-state index in [2.05, 4.69) is 65.6 Å². The van der Waals surface area contributed by atoms with E-state index in [1.165, 1.54) is 29.5 Å². The van der Waals surface area contributed by atoms with Crippen LogP contribution in [0.3, 0.4) is 0 Å². The van der Waals surface area contributed by atoms with Crippen LogP contribution in [0.2, 0.25) is 0 Å². The number of aromatic nitrogens is 1. The molecule has 2 fully saturated rings. The lowest BCUT2D eigenvalue weighted by Crippen LogP contribution is -2.39. The molecule has 2 aromatic carbocycles. The summed E-state index contributed by atoms with van der Waals surface area (Å²) in [5.74, 6) is 1.90. The van der Waals surface area contributed by atoms with E-state index in [0.29, 0.717) is 30.4 Å². The van der Waals surface area contributed by atoms with Gasteiger partial charge in [0.05, 0.1) is 0 Å². The third-order valence-electron chi connectivity index (χ3n) is 8.36. The summed E-state index contributed by atoms with van der Waals surface area (Å²) in [6.45, 7) is 11.0. The molecule has 6 rings (SSSR count). The molecule has 8 heteroatoms. The number of ether oxygens (including phenoxy) is 1. The quantitative estimate of drug-likeness (QED) is 0.332. The number of nitrogens with one attached hydrogen (secondary N) is 2. The van der Waals surface area contributed by atoms with Crippen LogP contribution in [0.15, 0.2) is 54.7 Å². The third-order valence-corrected chi connectivity index (χ3v) is 8.36. The predicted octanol–water partition coefficient (Wildman–Crippen LogP) is 6.71. The van der Waals surface area contributed by atoms with Gasteiger partial charge < -0.3 is 20.3 Å². The Morgan fingerprint density at radius 3 is 2.48 bits per heavy atom. The van der Waals surface area contributed by atoms with Crippen molar-refractivity contribution in [2.45, 2.75) is 71.4 Å².